The largest absolute Gasteiger partial charge is 0.481 e. The lowest BCUT2D eigenvalue weighted by molar-refractivity contribution is -0.137. The fraction of sp³-hybridized carbons (Fsp3) is 0.710. The van der Waals surface area contributed by atoms with Gasteiger partial charge in [0.25, 0.3) is 0 Å². The third-order valence-electron chi connectivity index (χ3n) is 7.62. The number of aryl methyl sites for hydroxylation is 1. The molecule has 6 nitrogen and oxygen atoms in total. The number of aliphatic carboxylic acids is 1. The molecule has 1 aromatic rings. The summed E-state index contributed by atoms with van der Waals surface area (Å²) in [5.41, 5.74) is 3.37. The Morgan fingerprint density at radius 1 is 1.08 bits per heavy atom. The molecular formula is C31H54N2O4Si. The lowest BCUT2D eigenvalue weighted by Gasteiger charge is -2.38. The first-order chi connectivity index (χ1) is 17.9. The molecule has 1 N–H and O–H groups in total. The van der Waals surface area contributed by atoms with E-state index in [9.17, 15) is 9.59 Å². The monoisotopic (exact) mass is 546 g/mol. The molecule has 0 fully saturated rings. The van der Waals surface area contributed by atoms with Crippen molar-refractivity contribution in [2.75, 3.05) is 0 Å². The van der Waals surface area contributed by atoms with Gasteiger partial charge in [0.05, 0.1) is 11.8 Å². The maximum absolute atomic E-state index is 10.8. The smallest absolute Gasteiger partial charge is 0.303 e. The van der Waals surface area contributed by atoms with Crippen LogP contribution < -0.4 is 0 Å². The number of carboxylic acid groups (broad SMARTS) is 1. The van der Waals surface area contributed by atoms with Crippen molar-refractivity contribution in [2.45, 2.75) is 142 Å². The molecule has 0 aromatic carbocycles. The summed E-state index contributed by atoms with van der Waals surface area (Å²) in [6, 6.07) is 0. The van der Waals surface area contributed by atoms with Crippen LogP contribution >= 0.6 is 0 Å². The number of carbonyl (C=O) groups excluding carboxylic acids is 1. The molecule has 1 heterocycles. The molecule has 1 aromatic heterocycles. The minimum Gasteiger partial charge on any atom is -0.481 e. The van der Waals surface area contributed by atoms with E-state index in [-0.39, 0.29) is 17.6 Å². The maximum Gasteiger partial charge on any atom is 0.303 e. The van der Waals surface area contributed by atoms with E-state index in [2.05, 4.69) is 76.7 Å². The van der Waals surface area contributed by atoms with Crippen molar-refractivity contribution in [3.63, 3.8) is 0 Å². The van der Waals surface area contributed by atoms with E-state index < -0.39 is 14.3 Å². The number of allylic oxidation sites excluding steroid dienone is 2. The molecule has 0 aliphatic carbocycles. The van der Waals surface area contributed by atoms with E-state index in [1.54, 1.807) is 0 Å². The minimum absolute atomic E-state index is 0.0793. The zero-order valence-corrected chi connectivity index (χ0v) is 26.2. The van der Waals surface area contributed by atoms with Gasteiger partial charge in [-0.3, -0.25) is 9.48 Å². The summed E-state index contributed by atoms with van der Waals surface area (Å²) >= 11 is 0. The van der Waals surface area contributed by atoms with E-state index >= 15 is 0 Å². The number of aldehydes is 1. The van der Waals surface area contributed by atoms with Crippen LogP contribution in [0, 0.1) is 6.92 Å². The predicted octanol–water partition coefficient (Wildman–Crippen LogP) is 8.29. The van der Waals surface area contributed by atoms with Crippen LogP contribution in [-0.4, -0.2) is 41.6 Å². The molecular weight excluding hydrogens is 492 g/mol. The van der Waals surface area contributed by atoms with Crippen LogP contribution in [-0.2, 0) is 27.0 Å². The Hall–Kier alpha value is -1.99. The third-order valence-corrected chi connectivity index (χ3v) is 12.1. The zero-order chi connectivity index (χ0) is 28.6. The number of hydrogen-bond acceptors (Lipinski definition) is 4. The van der Waals surface area contributed by atoms with E-state index in [1.165, 1.54) is 24.1 Å². The van der Waals surface area contributed by atoms with Gasteiger partial charge in [0, 0.05) is 30.6 Å². The Labute approximate surface area is 233 Å². The molecule has 0 spiro atoms. The van der Waals surface area contributed by atoms with E-state index in [1.807, 2.05) is 0 Å². The summed E-state index contributed by atoms with van der Waals surface area (Å²) in [4.78, 5) is 21.4. The van der Waals surface area contributed by atoms with E-state index in [0.717, 1.165) is 63.5 Å². The quantitative estimate of drug-likeness (QED) is 0.0770. The Bertz CT molecular complexity index is 896. The summed E-state index contributed by atoms with van der Waals surface area (Å²) in [6.45, 7) is 16.7. The molecule has 0 saturated heterocycles. The number of rotatable bonds is 20. The van der Waals surface area contributed by atoms with Gasteiger partial charge in [0.2, 0.25) is 0 Å². The van der Waals surface area contributed by atoms with Gasteiger partial charge in [-0.2, -0.15) is 5.10 Å². The summed E-state index contributed by atoms with van der Waals surface area (Å²) in [7, 11) is -1.91. The van der Waals surface area contributed by atoms with Crippen LogP contribution in [0.15, 0.2) is 18.2 Å². The average molecular weight is 547 g/mol. The highest BCUT2D eigenvalue weighted by Crippen LogP contribution is 2.38. The normalized spacial score (nSPS) is 13.6. The van der Waals surface area contributed by atoms with Crippen molar-refractivity contribution in [1.82, 2.24) is 9.78 Å². The first kappa shape index (κ1) is 34.0. The van der Waals surface area contributed by atoms with Crippen molar-refractivity contribution < 1.29 is 19.1 Å². The van der Waals surface area contributed by atoms with E-state index in [4.69, 9.17) is 14.6 Å². The highest BCUT2D eigenvalue weighted by atomic mass is 28.4. The maximum atomic E-state index is 10.8. The number of carboxylic acids is 1. The summed E-state index contributed by atoms with van der Waals surface area (Å²) in [5.74, 6) is -0.746. The molecule has 1 unspecified atom stereocenters. The van der Waals surface area contributed by atoms with Gasteiger partial charge in [-0.25, -0.2) is 0 Å². The number of hydrogen-bond donors (Lipinski definition) is 1. The predicted molar refractivity (Wildman–Crippen MR) is 161 cm³/mol. The average Bonchev–Trinajstić information content (AvgIpc) is 3.12. The number of carbonyl (C=O) groups is 2. The summed E-state index contributed by atoms with van der Waals surface area (Å²) in [5, 5.41) is 14.0. The molecule has 7 heteroatoms. The van der Waals surface area contributed by atoms with Gasteiger partial charge in [-0.15, -0.1) is 0 Å². The van der Waals surface area contributed by atoms with Crippen LogP contribution in [0.2, 0.25) is 18.1 Å². The van der Waals surface area contributed by atoms with Gasteiger partial charge in [0.1, 0.15) is 6.29 Å². The Kier molecular flexibility index (Phi) is 15.7. The van der Waals surface area contributed by atoms with Crippen LogP contribution in [0.1, 0.15) is 115 Å². The fourth-order valence-electron chi connectivity index (χ4n) is 4.11. The number of unbranched alkanes of at least 4 members (excludes halogenated alkanes) is 6. The molecule has 0 aliphatic heterocycles. The molecule has 1 rings (SSSR count). The van der Waals surface area contributed by atoms with Gasteiger partial charge in [0.15, 0.2) is 8.32 Å². The molecule has 0 radical (unpaired) electrons. The molecule has 38 heavy (non-hydrogen) atoms. The third kappa shape index (κ3) is 12.7. The lowest BCUT2D eigenvalue weighted by atomic mass is 10.1. The van der Waals surface area contributed by atoms with Gasteiger partial charge < -0.3 is 14.3 Å². The van der Waals surface area contributed by atoms with Gasteiger partial charge >= 0.3 is 5.97 Å². The zero-order valence-electron chi connectivity index (χ0n) is 25.2. The van der Waals surface area contributed by atoms with Crippen molar-refractivity contribution in [3.8, 4) is 0 Å². The first-order valence-corrected chi connectivity index (χ1v) is 17.6. The van der Waals surface area contributed by atoms with Crippen LogP contribution in [0.3, 0.4) is 0 Å². The minimum atomic E-state index is -1.91. The van der Waals surface area contributed by atoms with Crippen LogP contribution in [0.4, 0.5) is 0 Å². The summed E-state index contributed by atoms with van der Waals surface area (Å²) < 4.78 is 8.93. The molecule has 1 atom stereocenters. The van der Waals surface area contributed by atoms with Gasteiger partial charge in [-0.05, 0) is 69.7 Å². The van der Waals surface area contributed by atoms with Crippen molar-refractivity contribution >= 4 is 26.6 Å². The molecule has 216 valence electrons. The second kappa shape index (κ2) is 17.6. The second-order valence-electron chi connectivity index (χ2n) is 11.9. The topological polar surface area (TPSA) is 81.4 Å². The lowest BCUT2D eigenvalue weighted by Crippen LogP contribution is -2.43. The SMILES string of the molecule is CCCCCC(C=Cc1nn(CCCCCC=O)c(C)c1CC=CCCCC(=O)O)O[Si](C)(C)C(C)(C)C. The molecule has 0 bridgehead atoms. The Morgan fingerprint density at radius 2 is 1.82 bits per heavy atom. The highest BCUT2D eigenvalue weighted by molar-refractivity contribution is 6.74. The van der Waals surface area contributed by atoms with Crippen molar-refractivity contribution in [3.05, 3.63) is 35.2 Å². The number of aromatic nitrogens is 2. The summed E-state index contributed by atoms with van der Waals surface area (Å²) in [6.07, 6.45) is 20.2. The molecule has 0 amide bonds. The van der Waals surface area contributed by atoms with Crippen LogP contribution in [0.5, 0.6) is 0 Å². The standard InChI is InChI=1S/C31H54N2O4Si/c1-8-9-14-19-27(37-38(6,7)31(3,4)5)22-23-29-28(20-15-10-11-16-21-30(35)36)26(2)33(32-29)24-17-12-13-18-25-34/h10,15,22-23,25,27H,8-9,11-14,16-21,24H2,1-7H3,(H,35,36). The van der Waals surface area contributed by atoms with Crippen molar-refractivity contribution in [1.29, 1.82) is 0 Å². The van der Waals surface area contributed by atoms with Crippen LogP contribution in [0.25, 0.3) is 6.08 Å². The number of nitrogens with zero attached hydrogens (tertiary/aromatic N) is 2. The highest BCUT2D eigenvalue weighted by Gasteiger charge is 2.38. The fourth-order valence-corrected chi connectivity index (χ4v) is 5.42. The molecule has 0 saturated carbocycles. The van der Waals surface area contributed by atoms with Gasteiger partial charge in [-0.1, -0.05) is 71.6 Å². The second-order valence-corrected chi connectivity index (χ2v) is 16.7. The Morgan fingerprint density at radius 3 is 2.45 bits per heavy atom. The first-order valence-electron chi connectivity index (χ1n) is 14.7. The molecule has 0 aliphatic rings. The van der Waals surface area contributed by atoms with E-state index in [0.29, 0.717) is 12.8 Å². The Balaban J connectivity index is 3.13. The van der Waals surface area contributed by atoms with Crippen molar-refractivity contribution in [2.24, 2.45) is 0 Å².